The summed E-state index contributed by atoms with van der Waals surface area (Å²) in [4.78, 5) is 13.2. The molecule has 0 spiro atoms. The van der Waals surface area contributed by atoms with E-state index in [1.807, 2.05) is 30.3 Å². The summed E-state index contributed by atoms with van der Waals surface area (Å²) in [5.41, 5.74) is 0.517. The molecule has 3 aromatic rings. The number of amides is 1. The van der Waals surface area contributed by atoms with E-state index in [0.717, 1.165) is 16.5 Å². The molecule has 1 aromatic heterocycles. The summed E-state index contributed by atoms with van der Waals surface area (Å²) in [5, 5.41) is 4.34. The predicted molar refractivity (Wildman–Crippen MR) is 96.8 cm³/mol. The van der Waals surface area contributed by atoms with Gasteiger partial charge in [-0.05, 0) is 17.5 Å². The Kier molecular flexibility index (Phi) is 4.04. The molecular weight excluding hydrogens is 346 g/mol. The second-order valence-corrected chi connectivity index (χ2v) is 6.92. The van der Waals surface area contributed by atoms with Gasteiger partial charge in [0.2, 0.25) is 0 Å². The van der Waals surface area contributed by atoms with E-state index in [0.29, 0.717) is 40.3 Å². The Morgan fingerprint density at radius 1 is 1.08 bits per heavy atom. The van der Waals surface area contributed by atoms with Crippen molar-refractivity contribution in [1.82, 2.24) is 0 Å². The molecule has 4 nitrogen and oxygen atoms in total. The molecule has 1 aliphatic rings. The normalized spacial score (nSPS) is 13.5. The van der Waals surface area contributed by atoms with Gasteiger partial charge in [-0.15, -0.1) is 11.3 Å². The Labute approximate surface area is 148 Å². The average Bonchev–Trinajstić information content (AvgIpc) is 2.89. The highest BCUT2D eigenvalue weighted by Gasteiger charge is 2.17. The van der Waals surface area contributed by atoms with Gasteiger partial charge in [0.15, 0.2) is 11.5 Å². The van der Waals surface area contributed by atoms with Crippen LogP contribution in [-0.2, 0) is 0 Å². The molecule has 1 amide bonds. The minimum absolute atomic E-state index is 0.187. The number of ether oxygens (including phenoxy) is 2. The Balaban J connectivity index is 1.62. The van der Waals surface area contributed by atoms with Crippen LogP contribution in [0, 0.1) is 0 Å². The first-order valence-electron chi connectivity index (χ1n) is 7.60. The predicted octanol–water partition coefficient (Wildman–Crippen LogP) is 4.97. The van der Waals surface area contributed by atoms with Gasteiger partial charge < -0.3 is 14.8 Å². The van der Waals surface area contributed by atoms with E-state index in [4.69, 9.17) is 21.1 Å². The molecule has 4 rings (SSSR count). The number of hydrogen-bond donors (Lipinski definition) is 1. The van der Waals surface area contributed by atoms with Gasteiger partial charge in [0.25, 0.3) is 5.91 Å². The minimum Gasteiger partial charge on any atom is -0.490 e. The standard InChI is InChI=1S/C18H14ClNO3S/c19-12-9-14-15(23-7-3-6-22-14)10-13(12)20-18(21)17-8-11-4-1-2-5-16(11)24-17/h1-2,4-5,8-10H,3,6-7H2,(H,20,21). The van der Waals surface area contributed by atoms with E-state index in [1.165, 1.54) is 11.3 Å². The zero-order valence-corrected chi connectivity index (χ0v) is 14.2. The highest BCUT2D eigenvalue weighted by Crippen LogP contribution is 2.38. The summed E-state index contributed by atoms with van der Waals surface area (Å²) in [6, 6.07) is 13.2. The fourth-order valence-electron chi connectivity index (χ4n) is 2.56. The Morgan fingerprint density at radius 2 is 1.83 bits per heavy atom. The number of nitrogens with one attached hydrogen (secondary N) is 1. The van der Waals surface area contributed by atoms with E-state index < -0.39 is 0 Å². The van der Waals surface area contributed by atoms with Crippen LogP contribution in [0.1, 0.15) is 16.1 Å². The van der Waals surface area contributed by atoms with Crippen molar-refractivity contribution in [3.05, 3.63) is 52.4 Å². The number of thiophene rings is 1. The summed E-state index contributed by atoms with van der Waals surface area (Å²) in [5.74, 6) is 1.02. The summed E-state index contributed by atoms with van der Waals surface area (Å²) in [7, 11) is 0. The largest absolute Gasteiger partial charge is 0.490 e. The molecule has 0 unspecified atom stereocenters. The molecule has 1 aliphatic heterocycles. The number of fused-ring (bicyclic) bond motifs is 2. The highest BCUT2D eigenvalue weighted by atomic mass is 35.5. The molecule has 2 aromatic carbocycles. The van der Waals surface area contributed by atoms with Gasteiger partial charge in [-0.25, -0.2) is 0 Å². The molecule has 6 heteroatoms. The van der Waals surface area contributed by atoms with Crippen molar-refractivity contribution < 1.29 is 14.3 Å². The molecule has 0 bridgehead atoms. The van der Waals surface area contributed by atoms with Crippen LogP contribution in [-0.4, -0.2) is 19.1 Å². The Bertz CT molecular complexity index is 889. The van der Waals surface area contributed by atoms with Crippen LogP contribution in [0.3, 0.4) is 0 Å². The van der Waals surface area contributed by atoms with Crippen LogP contribution in [0.25, 0.3) is 10.1 Å². The molecule has 1 N–H and O–H groups in total. The summed E-state index contributed by atoms with van der Waals surface area (Å²) in [6.45, 7) is 1.18. The molecule has 0 fully saturated rings. The van der Waals surface area contributed by atoms with Crippen LogP contribution in [0.15, 0.2) is 42.5 Å². The summed E-state index contributed by atoms with van der Waals surface area (Å²) >= 11 is 7.73. The first kappa shape index (κ1) is 15.3. The lowest BCUT2D eigenvalue weighted by molar-refractivity contribution is 0.103. The third-order valence-corrected chi connectivity index (χ3v) is 5.16. The molecule has 0 aliphatic carbocycles. The van der Waals surface area contributed by atoms with Gasteiger partial charge in [0.05, 0.1) is 28.8 Å². The van der Waals surface area contributed by atoms with Crippen molar-refractivity contribution in [2.24, 2.45) is 0 Å². The smallest absolute Gasteiger partial charge is 0.265 e. The van der Waals surface area contributed by atoms with Crippen molar-refractivity contribution in [2.75, 3.05) is 18.5 Å². The van der Waals surface area contributed by atoms with Crippen LogP contribution >= 0.6 is 22.9 Å². The molecule has 2 heterocycles. The molecular formula is C18H14ClNO3S. The molecule has 122 valence electrons. The number of hydrogen-bond acceptors (Lipinski definition) is 4. The van der Waals surface area contributed by atoms with Crippen molar-refractivity contribution >= 4 is 44.6 Å². The SMILES string of the molecule is O=C(Nc1cc2c(cc1Cl)OCCCO2)c1cc2ccccc2s1. The molecule has 0 saturated heterocycles. The molecule has 0 saturated carbocycles. The highest BCUT2D eigenvalue weighted by molar-refractivity contribution is 7.20. The molecule has 0 atom stereocenters. The van der Waals surface area contributed by atoms with Gasteiger partial charge in [-0.3, -0.25) is 4.79 Å². The zero-order valence-electron chi connectivity index (χ0n) is 12.7. The van der Waals surface area contributed by atoms with Gasteiger partial charge in [-0.1, -0.05) is 29.8 Å². The Hall–Kier alpha value is -2.24. The van der Waals surface area contributed by atoms with Crippen molar-refractivity contribution in [3.63, 3.8) is 0 Å². The van der Waals surface area contributed by atoms with Gasteiger partial charge in [-0.2, -0.15) is 0 Å². The quantitative estimate of drug-likeness (QED) is 0.702. The number of carbonyl (C=O) groups is 1. The van der Waals surface area contributed by atoms with E-state index in [1.54, 1.807) is 12.1 Å². The van der Waals surface area contributed by atoms with Crippen LogP contribution in [0.2, 0.25) is 5.02 Å². The summed E-state index contributed by atoms with van der Waals surface area (Å²) in [6.07, 6.45) is 0.815. The van der Waals surface area contributed by atoms with E-state index >= 15 is 0 Å². The topological polar surface area (TPSA) is 47.6 Å². The maximum absolute atomic E-state index is 12.5. The maximum atomic E-state index is 12.5. The van der Waals surface area contributed by atoms with Crippen molar-refractivity contribution in [1.29, 1.82) is 0 Å². The maximum Gasteiger partial charge on any atom is 0.265 e. The van der Waals surface area contributed by atoms with Gasteiger partial charge in [0.1, 0.15) is 0 Å². The number of benzene rings is 2. The second kappa shape index (κ2) is 6.34. The average molecular weight is 360 g/mol. The fourth-order valence-corrected chi connectivity index (χ4v) is 3.72. The molecule has 0 radical (unpaired) electrons. The lowest BCUT2D eigenvalue weighted by atomic mass is 10.2. The van der Waals surface area contributed by atoms with E-state index in [-0.39, 0.29) is 5.91 Å². The van der Waals surface area contributed by atoms with Crippen molar-refractivity contribution in [2.45, 2.75) is 6.42 Å². The van der Waals surface area contributed by atoms with Gasteiger partial charge in [0, 0.05) is 23.3 Å². The van der Waals surface area contributed by atoms with E-state index in [9.17, 15) is 4.79 Å². The third kappa shape index (κ3) is 2.92. The van der Waals surface area contributed by atoms with E-state index in [2.05, 4.69) is 5.32 Å². The number of carbonyl (C=O) groups excluding carboxylic acids is 1. The minimum atomic E-state index is -0.187. The number of rotatable bonds is 2. The number of anilines is 1. The lowest BCUT2D eigenvalue weighted by Crippen LogP contribution is -2.10. The zero-order chi connectivity index (χ0) is 16.5. The van der Waals surface area contributed by atoms with Crippen LogP contribution in [0.5, 0.6) is 11.5 Å². The first-order chi connectivity index (χ1) is 11.7. The molecule has 24 heavy (non-hydrogen) atoms. The van der Waals surface area contributed by atoms with Gasteiger partial charge >= 0.3 is 0 Å². The number of halogens is 1. The Morgan fingerprint density at radius 3 is 2.62 bits per heavy atom. The second-order valence-electron chi connectivity index (χ2n) is 5.43. The van der Waals surface area contributed by atoms with Crippen molar-refractivity contribution in [3.8, 4) is 11.5 Å². The first-order valence-corrected chi connectivity index (χ1v) is 8.79. The summed E-state index contributed by atoms with van der Waals surface area (Å²) < 4.78 is 12.3. The monoisotopic (exact) mass is 359 g/mol. The fraction of sp³-hybridized carbons (Fsp3) is 0.167. The van der Waals surface area contributed by atoms with Crippen LogP contribution in [0.4, 0.5) is 5.69 Å². The third-order valence-electron chi connectivity index (χ3n) is 3.73. The van der Waals surface area contributed by atoms with Crippen LogP contribution < -0.4 is 14.8 Å². The lowest BCUT2D eigenvalue weighted by Gasteiger charge is -2.12.